The molecule has 1 aromatic rings. The Balaban J connectivity index is 2.99. The number of H-pyrrole nitrogens is 1. The van der Waals surface area contributed by atoms with E-state index in [4.69, 9.17) is 12.2 Å². The fourth-order valence-electron chi connectivity index (χ4n) is 0.940. The molecule has 0 amide bonds. The second-order valence-electron chi connectivity index (χ2n) is 2.24. The van der Waals surface area contributed by atoms with Gasteiger partial charge in [0.15, 0.2) is 4.77 Å². The maximum Gasteiger partial charge on any atom is 0.195 e. The van der Waals surface area contributed by atoms with Crippen LogP contribution in [0.4, 0.5) is 0 Å². The van der Waals surface area contributed by atoms with Crippen molar-refractivity contribution in [2.24, 2.45) is 0 Å². The van der Waals surface area contributed by atoms with Gasteiger partial charge in [0.25, 0.3) is 0 Å². The Kier molecular flexibility index (Phi) is 2.59. The average molecular weight is 186 g/mol. The molecule has 12 heavy (non-hydrogen) atoms. The summed E-state index contributed by atoms with van der Waals surface area (Å²) in [6.45, 7) is 2.47. The van der Waals surface area contributed by atoms with Gasteiger partial charge < -0.3 is 14.5 Å². The van der Waals surface area contributed by atoms with Crippen LogP contribution in [0.2, 0.25) is 0 Å². The average Bonchev–Trinajstić information content (AvgIpc) is 2.30. The van der Waals surface area contributed by atoms with Crippen molar-refractivity contribution in [2.75, 3.05) is 0 Å². The van der Waals surface area contributed by atoms with Gasteiger partial charge in [0, 0.05) is 18.9 Å². The Bertz CT molecular complexity index is 341. The highest BCUT2D eigenvalue weighted by molar-refractivity contribution is 7.71. The van der Waals surface area contributed by atoms with Crippen molar-refractivity contribution in [1.82, 2.24) is 14.8 Å². The van der Waals surface area contributed by atoms with Crippen LogP contribution in [0.25, 0.3) is 0 Å². The summed E-state index contributed by atoms with van der Waals surface area (Å²) >= 11 is 4.86. The van der Waals surface area contributed by atoms with E-state index in [0.29, 0.717) is 17.1 Å². The van der Waals surface area contributed by atoms with Crippen molar-refractivity contribution in [3.05, 3.63) is 10.6 Å². The van der Waals surface area contributed by atoms with Gasteiger partial charge in [-0.05, 0) is 19.1 Å². The topological polar surface area (TPSA) is 73.7 Å². The molecule has 1 rings (SSSR count). The minimum absolute atomic E-state index is 0.207. The van der Waals surface area contributed by atoms with Gasteiger partial charge in [0.05, 0.1) is 0 Å². The Morgan fingerprint density at radius 1 is 1.83 bits per heavy atom. The predicted molar refractivity (Wildman–Crippen MR) is 41.8 cm³/mol. The van der Waals surface area contributed by atoms with Crippen molar-refractivity contribution in [1.29, 1.82) is 0 Å². The molecule has 0 spiro atoms. The molecule has 0 saturated carbocycles. The second-order valence-corrected chi connectivity index (χ2v) is 2.62. The van der Waals surface area contributed by atoms with E-state index in [0.717, 1.165) is 0 Å². The molecule has 1 N–H and O–H groups in total. The van der Waals surface area contributed by atoms with Crippen molar-refractivity contribution >= 4 is 18.2 Å². The predicted octanol–water partition coefficient (Wildman–Crippen LogP) is -0.747. The van der Waals surface area contributed by atoms with Gasteiger partial charge in [-0.1, -0.05) is 0 Å². The minimum atomic E-state index is -1.15. The van der Waals surface area contributed by atoms with Crippen LogP contribution in [-0.4, -0.2) is 20.7 Å². The van der Waals surface area contributed by atoms with Gasteiger partial charge in [-0.2, -0.15) is 5.10 Å². The van der Waals surface area contributed by atoms with Crippen LogP contribution in [0.15, 0.2) is 0 Å². The molecule has 1 aromatic heterocycles. The standard InChI is InChI=1S/C6H9N3O2S/c1-2-9-4(3-5(10)11)7-8-6(9)12/h2-3H2,1H3,(H,8,12)(H,10,11)/p-1. The monoisotopic (exact) mass is 186 g/mol. The first-order valence-electron chi connectivity index (χ1n) is 3.49. The molecule has 0 saturated heterocycles. The Labute approximate surface area is 74.0 Å². The highest BCUT2D eigenvalue weighted by Crippen LogP contribution is 1.97. The molecular weight excluding hydrogens is 178 g/mol. The zero-order valence-electron chi connectivity index (χ0n) is 6.53. The molecule has 0 aliphatic carbocycles. The van der Waals surface area contributed by atoms with E-state index in [1.165, 1.54) is 0 Å². The van der Waals surface area contributed by atoms with Crippen LogP contribution >= 0.6 is 12.2 Å². The maximum absolute atomic E-state index is 10.2. The summed E-state index contributed by atoms with van der Waals surface area (Å²) in [5.41, 5.74) is 0. The van der Waals surface area contributed by atoms with Crippen molar-refractivity contribution in [3.8, 4) is 0 Å². The number of carbonyl (C=O) groups is 1. The lowest BCUT2D eigenvalue weighted by molar-refractivity contribution is -0.304. The summed E-state index contributed by atoms with van der Waals surface area (Å²) in [6.07, 6.45) is -0.207. The summed E-state index contributed by atoms with van der Waals surface area (Å²) in [5, 5.41) is 16.5. The number of rotatable bonds is 3. The maximum atomic E-state index is 10.2. The van der Waals surface area contributed by atoms with E-state index in [-0.39, 0.29) is 6.42 Å². The molecular formula is C6H8N3O2S-. The van der Waals surface area contributed by atoms with Gasteiger partial charge >= 0.3 is 0 Å². The van der Waals surface area contributed by atoms with Gasteiger partial charge in [-0.3, -0.25) is 5.10 Å². The quantitative estimate of drug-likeness (QED) is 0.630. The van der Waals surface area contributed by atoms with Gasteiger partial charge in [-0.25, -0.2) is 0 Å². The molecule has 0 aromatic carbocycles. The fourth-order valence-corrected chi connectivity index (χ4v) is 1.22. The summed E-state index contributed by atoms with van der Waals surface area (Å²) in [4.78, 5) is 10.2. The molecule has 1 heterocycles. The highest BCUT2D eigenvalue weighted by Gasteiger charge is 2.03. The molecule has 0 bridgehead atoms. The van der Waals surface area contributed by atoms with Crippen LogP contribution in [0.5, 0.6) is 0 Å². The third-order valence-electron chi connectivity index (χ3n) is 1.46. The van der Waals surface area contributed by atoms with Gasteiger partial charge in [0.1, 0.15) is 5.82 Å². The van der Waals surface area contributed by atoms with E-state index in [2.05, 4.69) is 10.2 Å². The smallest absolute Gasteiger partial charge is 0.195 e. The second kappa shape index (κ2) is 3.48. The van der Waals surface area contributed by atoms with Gasteiger partial charge in [0.2, 0.25) is 0 Å². The number of hydrogen-bond acceptors (Lipinski definition) is 4. The first kappa shape index (κ1) is 8.92. The summed E-state index contributed by atoms with van der Waals surface area (Å²) < 4.78 is 2.05. The Morgan fingerprint density at radius 2 is 2.50 bits per heavy atom. The van der Waals surface area contributed by atoms with E-state index >= 15 is 0 Å². The number of hydrogen-bond donors (Lipinski definition) is 1. The lowest BCUT2D eigenvalue weighted by Gasteiger charge is -2.02. The molecule has 66 valence electrons. The lowest BCUT2D eigenvalue weighted by atomic mass is 10.4. The van der Waals surface area contributed by atoms with Crippen molar-refractivity contribution in [2.45, 2.75) is 19.9 Å². The zero-order chi connectivity index (χ0) is 9.14. The SMILES string of the molecule is CCn1c(CC(=O)[O-])n[nH]c1=S. The van der Waals surface area contributed by atoms with Crippen LogP contribution in [0.3, 0.4) is 0 Å². The van der Waals surface area contributed by atoms with Crippen LogP contribution in [0, 0.1) is 4.77 Å². The Morgan fingerprint density at radius 3 is 3.00 bits per heavy atom. The Hall–Kier alpha value is -1.17. The number of aliphatic carboxylic acids is 1. The molecule has 5 nitrogen and oxygen atoms in total. The van der Waals surface area contributed by atoms with E-state index < -0.39 is 5.97 Å². The summed E-state index contributed by atoms with van der Waals surface area (Å²) in [6, 6.07) is 0. The van der Waals surface area contributed by atoms with Crippen molar-refractivity contribution in [3.63, 3.8) is 0 Å². The number of carbonyl (C=O) groups excluding carboxylic acids is 1. The number of carboxylic acid groups (broad SMARTS) is 1. The molecule has 0 radical (unpaired) electrons. The number of nitrogens with zero attached hydrogens (tertiary/aromatic N) is 2. The van der Waals surface area contributed by atoms with Crippen LogP contribution < -0.4 is 5.11 Å². The third kappa shape index (κ3) is 1.70. The normalized spacial score (nSPS) is 10.1. The molecule has 0 atom stereocenters. The zero-order valence-corrected chi connectivity index (χ0v) is 7.35. The molecule has 0 unspecified atom stereocenters. The molecule has 0 fully saturated rings. The van der Waals surface area contributed by atoms with Gasteiger partial charge in [-0.15, -0.1) is 0 Å². The van der Waals surface area contributed by atoms with Crippen LogP contribution in [-0.2, 0) is 17.8 Å². The van der Waals surface area contributed by atoms with Crippen LogP contribution in [0.1, 0.15) is 12.7 Å². The van der Waals surface area contributed by atoms with E-state index in [1.54, 1.807) is 4.57 Å². The molecule has 0 aliphatic rings. The summed E-state index contributed by atoms with van der Waals surface area (Å²) in [5.74, 6) is -0.749. The molecule has 0 aliphatic heterocycles. The number of aromatic nitrogens is 3. The van der Waals surface area contributed by atoms with Crippen molar-refractivity contribution < 1.29 is 9.90 Å². The van der Waals surface area contributed by atoms with E-state index in [9.17, 15) is 9.90 Å². The number of nitrogens with one attached hydrogen (secondary N) is 1. The largest absolute Gasteiger partial charge is 0.550 e. The van der Waals surface area contributed by atoms with E-state index in [1.807, 2.05) is 6.92 Å². The minimum Gasteiger partial charge on any atom is -0.550 e. The number of aromatic amines is 1. The third-order valence-corrected chi connectivity index (χ3v) is 1.77. The molecule has 6 heteroatoms. The first-order chi connectivity index (χ1) is 5.65. The highest BCUT2D eigenvalue weighted by atomic mass is 32.1. The summed E-state index contributed by atoms with van der Waals surface area (Å²) in [7, 11) is 0. The lowest BCUT2D eigenvalue weighted by Crippen LogP contribution is -2.26. The number of carboxylic acids is 1. The first-order valence-corrected chi connectivity index (χ1v) is 3.90. The fraction of sp³-hybridized carbons (Fsp3) is 0.500.